The van der Waals surface area contributed by atoms with E-state index in [2.05, 4.69) is 64.6 Å². The first-order chi connectivity index (χ1) is 28.7. The number of phosphoric acid groups is 2. The normalized spacial score (nSPS) is 15.1. The van der Waals surface area contributed by atoms with Crippen LogP contribution in [0.4, 0.5) is 0 Å². The maximum absolute atomic E-state index is 12.7. The number of ether oxygens (including phenoxy) is 2. The molecule has 0 aliphatic heterocycles. The third-order valence-corrected chi connectivity index (χ3v) is 10.3. The molecule has 60 heavy (non-hydrogen) atoms. The lowest BCUT2D eigenvalue weighted by Gasteiger charge is -2.20. The topological polar surface area (TPSA) is 216 Å². The number of allylic oxidation sites excluding steroid dienone is 10. The van der Waals surface area contributed by atoms with Crippen LogP contribution in [0.25, 0.3) is 0 Å². The van der Waals surface area contributed by atoms with Gasteiger partial charge < -0.3 is 34.4 Å². The van der Waals surface area contributed by atoms with E-state index in [1.54, 1.807) is 6.92 Å². The van der Waals surface area contributed by atoms with Crippen molar-refractivity contribution in [2.24, 2.45) is 0 Å². The number of hydrogen-bond acceptors (Lipinski definition) is 11. The first-order valence-corrected chi connectivity index (χ1v) is 25.0. The lowest BCUT2D eigenvalue weighted by atomic mass is 10.1. The van der Waals surface area contributed by atoms with Gasteiger partial charge in [-0.15, -0.1) is 0 Å². The molecule has 14 nitrogen and oxygen atoms in total. The Morgan fingerprint density at radius 1 is 0.533 bits per heavy atom. The molecule has 0 radical (unpaired) electrons. The summed E-state index contributed by atoms with van der Waals surface area (Å²) in [7, 11) is -9.70. The molecule has 0 heterocycles. The summed E-state index contributed by atoms with van der Waals surface area (Å²) in [6.45, 7) is 1.22. The first kappa shape index (κ1) is 57.8. The summed E-state index contributed by atoms with van der Waals surface area (Å²) < 4.78 is 47.7. The Labute approximate surface area is 360 Å². The van der Waals surface area contributed by atoms with Crippen molar-refractivity contribution in [3.63, 3.8) is 0 Å². The summed E-state index contributed by atoms with van der Waals surface area (Å²) >= 11 is 0. The van der Waals surface area contributed by atoms with Gasteiger partial charge in [0.05, 0.1) is 25.9 Å². The Morgan fingerprint density at radius 2 is 0.983 bits per heavy atom. The number of unbranched alkanes of at least 4 members (excludes halogenated alkanes) is 13. The second-order valence-corrected chi connectivity index (χ2v) is 17.6. The van der Waals surface area contributed by atoms with Crippen molar-refractivity contribution in [2.45, 2.75) is 180 Å². The number of phosphoric ester groups is 2. The molecular formula is C44H78O14P2. The molecule has 0 saturated carbocycles. The molecule has 0 amide bonds. The van der Waals surface area contributed by atoms with E-state index in [0.29, 0.717) is 19.3 Å². The molecular weight excluding hydrogens is 814 g/mol. The van der Waals surface area contributed by atoms with Gasteiger partial charge in [-0.3, -0.25) is 23.2 Å². The molecule has 0 spiro atoms. The van der Waals surface area contributed by atoms with Crippen LogP contribution in [0, 0.1) is 0 Å². The van der Waals surface area contributed by atoms with Crippen molar-refractivity contribution in [1.29, 1.82) is 0 Å². The second kappa shape index (κ2) is 39.6. The summed E-state index contributed by atoms with van der Waals surface area (Å²) in [6.07, 6.45) is 39.2. The fourth-order valence-electron chi connectivity index (χ4n) is 5.53. The lowest BCUT2D eigenvalue weighted by Crippen LogP contribution is -2.30. The van der Waals surface area contributed by atoms with E-state index in [1.165, 1.54) is 38.5 Å². The van der Waals surface area contributed by atoms with Gasteiger partial charge in [0.15, 0.2) is 6.10 Å². The number of aliphatic hydroxyl groups is 2. The number of aliphatic hydroxyl groups excluding tert-OH is 2. The minimum atomic E-state index is -4.87. The molecule has 4 atom stereocenters. The third-order valence-electron chi connectivity index (χ3n) is 8.89. The van der Waals surface area contributed by atoms with Crippen molar-refractivity contribution < 1.29 is 66.7 Å². The largest absolute Gasteiger partial charge is 0.472 e. The highest BCUT2D eigenvalue weighted by molar-refractivity contribution is 7.47. The van der Waals surface area contributed by atoms with Crippen molar-refractivity contribution in [3.05, 3.63) is 60.8 Å². The van der Waals surface area contributed by atoms with Gasteiger partial charge in [0.1, 0.15) is 12.7 Å². The molecule has 0 rings (SSSR count). The molecule has 0 aromatic rings. The van der Waals surface area contributed by atoms with Crippen molar-refractivity contribution in [1.82, 2.24) is 0 Å². The molecule has 0 fully saturated rings. The fraction of sp³-hybridized carbons (Fsp3) is 0.727. The Morgan fingerprint density at radius 3 is 1.55 bits per heavy atom. The fourth-order valence-corrected chi connectivity index (χ4v) is 6.69. The van der Waals surface area contributed by atoms with Gasteiger partial charge in [-0.05, 0) is 90.4 Å². The maximum Gasteiger partial charge on any atom is 0.472 e. The van der Waals surface area contributed by atoms with Crippen LogP contribution in [-0.2, 0) is 41.8 Å². The highest BCUT2D eigenvalue weighted by Crippen LogP contribution is 2.43. The number of hydrogen-bond donors (Lipinski definition) is 5. The standard InChI is InChI=1S/C44H78O14P2/c1-3-4-5-6-7-8-9-10-12-17-20-23-26-29-32-35-44(48)58-42(39-57-60(52,53)56-37-41(46)36-55-59(49,50)51)38-54-43(47)34-31-28-25-22-19-16-14-11-13-15-18-21-24-27-30-33-40(2)45/h10,12-16,21-22,24-25,40-42,45-46H,3-9,11,17-20,23,26-39H2,1-2H3,(H,52,53)(H2,49,50,51)/b12-10-,15-13-,16-14-,24-21-,25-22-/t40-,41+,42-/m1/s1. The van der Waals surface area contributed by atoms with E-state index in [9.17, 15) is 33.8 Å². The minimum Gasteiger partial charge on any atom is -0.462 e. The number of esters is 2. The molecule has 1 unspecified atom stereocenters. The van der Waals surface area contributed by atoms with Crippen LogP contribution in [0.2, 0.25) is 0 Å². The summed E-state index contributed by atoms with van der Waals surface area (Å²) in [4.78, 5) is 52.7. The van der Waals surface area contributed by atoms with Gasteiger partial charge in [-0.25, -0.2) is 9.13 Å². The highest BCUT2D eigenvalue weighted by atomic mass is 31.2. The van der Waals surface area contributed by atoms with Gasteiger partial charge in [0, 0.05) is 12.8 Å². The molecule has 0 aromatic heterocycles. The summed E-state index contributed by atoms with van der Waals surface area (Å²) in [5, 5.41) is 19.0. The van der Waals surface area contributed by atoms with E-state index in [4.69, 9.17) is 23.8 Å². The van der Waals surface area contributed by atoms with E-state index in [-0.39, 0.29) is 18.9 Å². The molecule has 348 valence electrons. The smallest absolute Gasteiger partial charge is 0.462 e. The molecule has 16 heteroatoms. The average molecular weight is 893 g/mol. The molecule has 0 aliphatic rings. The van der Waals surface area contributed by atoms with Crippen molar-refractivity contribution in [3.8, 4) is 0 Å². The Balaban J connectivity index is 4.62. The van der Waals surface area contributed by atoms with Gasteiger partial charge in [-0.1, -0.05) is 119 Å². The van der Waals surface area contributed by atoms with Crippen LogP contribution in [0.1, 0.15) is 162 Å². The van der Waals surface area contributed by atoms with Crippen LogP contribution in [0.15, 0.2) is 60.8 Å². The zero-order chi connectivity index (χ0) is 44.6. The predicted octanol–water partition coefficient (Wildman–Crippen LogP) is 10.2. The SMILES string of the molecule is CCCCCCCC/C=C\CCCCCCCC(=O)O[C@H](COC(=O)CCC/C=C\C/C=C\C/C=C\C/C=C\CCC[C@@H](C)O)COP(=O)(O)OC[C@@H](O)COP(=O)(O)O. The van der Waals surface area contributed by atoms with Crippen LogP contribution in [-0.4, -0.2) is 81.6 Å². The quantitative estimate of drug-likeness (QED) is 0.0167. The second-order valence-electron chi connectivity index (χ2n) is 14.9. The zero-order valence-corrected chi connectivity index (χ0v) is 38.2. The summed E-state index contributed by atoms with van der Waals surface area (Å²) in [6, 6.07) is 0. The van der Waals surface area contributed by atoms with Gasteiger partial charge in [0.2, 0.25) is 0 Å². The maximum atomic E-state index is 12.7. The predicted molar refractivity (Wildman–Crippen MR) is 236 cm³/mol. The van der Waals surface area contributed by atoms with Crippen LogP contribution < -0.4 is 0 Å². The van der Waals surface area contributed by atoms with E-state index in [0.717, 1.165) is 77.0 Å². The molecule has 0 aliphatic carbocycles. The molecule has 0 aromatic carbocycles. The monoisotopic (exact) mass is 892 g/mol. The Hall–Kier alpha value is -2.22. The average Bonchev–Trinajstić information content (AvgIpc) is 3.19. The number of rotatable bonds is 41. The Kier molecular flexibility index (Phi) is 38.1. The minimum absolute atomic E-state index is 0.101. The lowest BCUT2D eigenvalue weighted by molar-refractivity contribution is -0.161. The van der Waals surface area contributed by atoms with Gasteiger partial charge in [0.25, 0.3) is 0 Å². The molecule has 5 N–H and O–H groups in total. The number of carbonyl (C=O) groups is 2. The zero-order valence-electron chi connectivity index (χ0n) is 36.4. The van der Waals surface area contributed by atoms with Gasteiger partial charge in [-0.2, -0.15) is 0 Å². The van der Waals surface area contributed by atoms with Crippen molar-refractivity contribution in [2.75, 3.05) is 26.4 Å². The third kappa shape index (κ3) is 43.9. The Bertz CT molecular complexity index is 1310. The summed E-state index contributed by atoms with van der Waals surface area (Å²) in [5.41, 5.74) is 0. The van der Waals surface area contributed by atoms with Gasteiger partial charge >= 0.3 is 27.6 Å². The first-order valence-electron chi connectivity index (χ1n) is 22.0. The van der Waals surface area contributed by atoms with E-state index in [1.807, 2.05) is 12.2 Å². The molecule has 0 bridgehead atoms. The summed E-state index contributed by atoms with van der Waals surface area (Å²) in [5.74, 6) is -1.13. The number of carbonyl (C=O) groups excluding carboxylic acids is 2. The van der Waals surface area contributed by atoms with E-state index < -0.39 is 66.2 Å². The van der Waals surface area contributed by atoms with Crippen molar-refractivity contribution >= 4 is 27.6 Å². The van der Waals surface area contributed by atoms with Crippen LogP contribution in [0.3, 0.4) is 0 Å². The molecule has 0 saturated heterocycles. The van der Waals surface area contributed by atoms with Crippen LogP contribution >= 0.6 is 15.6 Å². The highest BCUT2D eigenvalue weighted by Gasteiger charge is 2.28. The van der Waals surface area contributed by atoms with E-state index >= 15 is 0 Å². The van der Waals surface area contributed by atoms with Crippen LogP contribution in [0.5, 0.6) is 0 Å².